The normalized spacial score (nSPS) is 15.4. The molecule has 1 unspecified atom stereocenters. The average Bonchev–Trinajstić information content (AvgIpc) is 2.16. The Kier molecular flexibility index (Phi) is 5.89. The maximum atomic E-state index is 10.3. The minimum absolute atomic E-state index is 0.0225. The highest BCUT2D eigenvalue weighted by atomic mass is 16.5. The zero-order valence-electron chi connectivity index (χ0n) is 8.53. The Labute approximate surface area is 79.0 Å². The fourth-order valence-corrected chi connectivity index (χ4v) is 0.733. The second-order valence-corrected chi connectivity index (χ2v) is 2.72. The van der Waals surface area contributed by atoms with Crippen molar-refractivity contribution in [2.45, 2.75) is 20.0 Å². The van der Waals surface area contributed by atoms with E-state index in [1.54, 1.807) is 33.3 Å². The first-order valence-corrected chi connectivity index (χ1v) is 4.06. The SMILES string of the molecule is COC(/C=C(\C)C=O)=C/C(C)OC. The molecule has 0 saturated carbocycles. The van der Waals surface area contributed by atoms with E-state index in [9.17, 15) is 4.79 Å². The van der Waals surface area contributed by atoms with E-state index in [0.29, 0.717) is 11.3 Å². The zero-order chi connectivity index (χ0) is 10.3. The second-order valence-electron chi connectivity index (χ2n) is 2.72. The lowest BCUT2D eigenvalue weighted by molar-refractivity contribution is -0.104. The first-order valence-electron chi connectivity index (χ1n) is 4.06. The molecule has 3 nitrogen and oxygen atoms in total. The molecule has 0 aromatic rings. The minimum Gasteiger partial charge on any atom is -0.497 e. The molecule has 0 amide bonds. The number of rotatable bonds is 5. The molecule has 0 spiro atoms. The quantitative estimate of drug-likeness (QED) is 0.282. The monoisotopic (exact) mass is 184 g/mol. The van der Waals surface area contributed by atoms with Gasteiger partial charge in [0.15, 0.2) is 0 Å². The Hall–Kier alpha value is -1.09. The van der Waals surface area contributed by atoms with E-state index >= 15 is 0 Å². The minimum atomic E-state index is -0.0225. The van der Waals surface area contributed by atoms with Crippen molar-refractivity contribution in [1.82, 2.24) is 0 Å². The van der Waals surface area contributed by atoms with E-state index < -0.39 is 0 Å². The van der Waals surface area contributed by atoms with Gasteiger partial charge in [0.1, 0.15) is 12.0 Å². The summed E-state index contributed by atoms with van der Waals surface area (Å²) in [4.78, 5) is 10.3. The summed E-state index contributed by atoms with van der Waals surface area (Å²) in [6.07, 6.45) is 4.23. The summed E-state index contributed by atoms with van der Waals surface area (Å²) in [6.45, 7) is 3.61. The molecule has 74 valence electrons. The number of carbonyl (C=O) groups is 1. The fraction of sp³-hybridized carbons (Fsp3) is 0.500. The van der Waals surface area contributed by atoms with Gasteiger partial charge in [0.05, 0.1) is 13.2 Å². The second kappa shape index (κ2) is 6.43. The smallest absolute Gasteiger partial charge is 0.145 e. The van der Waals surface area contributed by atoms with Crippen molar-refractivity contribution in [3.8, 4) is 0 Å². The molecule has 0 saturated heterocycles. The van der Waals surface area contributed by atoms with Gasteiger partial charge in [0, 0.05) is 7.11 Å². The molecule has 0 aromatic carbocycles. The highest BCUT2D eigenvalue weighted by Crippen LogP contribution is 2.04. The number of hydrogen-bond donors (Lipinski definition) is 0. The van der Waals surface area contributed by atoms with E-state index in [1.165, 1.54) is 0 Å². The van der Waals surface area contributed by atoms with E-state index in [1.807, 2.05) is 6.92 Å². The molecule has 0 radical (unpaired) electrons. The van der Waals surface area contributed by atoms with Crippen LogP contribution in [0.25, 0.3) is 0 Å². The standard InChI is InChI=1S/C10H16O3/c1-8(7-11)5-10(13-4)6-9(2)12-3/h5-7,9H,1-4H3/b8-5+,10-6+. The summed E-state index contributed by atoms with van der Waals surface area (Å²) in [7, 11) is 3.17. The van der Waals surface area contributed by atoms with Crippen molar-refractivity contribution in [3.63, 3.8) is 0 Å². The van der Waals surface area contributed by atoms with Crippen LogP contribution in [0.1, 0.15) is 13.8 Å². The van der Waals surface area contributed by atoms with Crippen LogP contribution in [0.2, 0.25) is 0 Å². The van der Waals surface area contributed by atoms with Crippen LogP contribution in [-0.4, -0.2) is 26.6 Å². The molecule has 0 heterocycles. The predicted octanol–water partition coefficient (Wildman–Crippen LogP) is 1.70. The van der Waals surface area contributed by atoms with Crippen molar-refractivity contribution >= 4 is 6.29 Å². The van der Waals surface area contributed by atoms with Gasteiger partial charge in [-0.05, 0) is 31.6 Å². The Morgan fingerprint density at radius 3 is 2.38 bits per heavy atom. The Balaban J connectivity index is 4.50. The molecule has 0 rings (SSSR count). The van der Waals surface area contributed by atoms with Crippen LogP contribution in [0.4, 0.5) is 0 Å². The maximum absolute atomic E-state index is 10.3. The van der Waals surface area contributed by atoms with Crippen LogP contribution >= 0.6 is 0 Å². The van der Waals surface area contributed by atoms with Crippen LogP contribution in [0.15, 0.2) is 23.5 Å². The Morgan fingerprint density at radius 1 is 1.38 bits per heavy atom. The van der Waals surface area contributed by atoms with Crippen molar-refractivity contribution in [3.05, 3.63) is 23.5 Å². The van der Waals surface area contributed by atoms with Crippen molar-refractivity contribution in [2.24, 2.45) is 0 Å². The Bertz CT molecular complexity index is 216. The van der Waals surface area contributed by atoms with Crippen molar-refractivity contribution in [2.75, 3.05) is 14.2 Å². The first kappa shape index (κ1) is 11.9. The van der Waals surface area contributed by atoms with Crippen LogP contribution in [-0.2, 0) is 14.3 Å². The number of carbonyl (C=O) groups excluding carboxylic acids is 1. The molecule has 3 heteroatoms. The molecule has 0 aliphatic rings. The summed E-state index contributed by atoms with van der Waals surface area (Å²) in [5.41, 5.74) is 0.622. The number of hydrogen-bond acceptors (Lipinski definition) is 3. The van der Waals surface area contributed by atoms with Crippen LogP contribution < -0.4 is 0 Å². The van der Waals surface area contributed by atoms with Gasteiger partial charge < -0.3 is 9.47 Å². The Morgan fingerprint density at radius 2 is 2.00 bits per heavy atom. The molecule has 0 fully saturated rings. The highest BCUT2D eigenvalue weighted by molar-refractivity contribution is 5.72. The first-order chi connectivity index (χ1) is 6.13. The van der Waals surface area contributed by atoms with Gasteiger partial charge in [0.25, 0.3) is 0 Å². The summed E-state index contributed by atoms with van der Waals surface area (Å²) in [6, 6.07) is 0. The number of aldehydes is 1. The van der Waals surface area contributed by atoms with Gasteiger partial charge >= 0.3 is 0 Å². The third-order valence-corrected chi connectivity index (χ3v) is 1.56. The lowest BCUT2D eigenvalue weighted by Crippen LogP contribution is -2.01. The summed E-state index contributed by atoms with van der Waals surface area (Å²) in [5.74, 6) is 0.638. The number of allylic oxidation sites excluding steroid dienone is 2. The molecule has 13 heavy (non-hydrogen) atoms. The third-order valence-electron chi connectivity index (χ3n) is 1.56. The van der Waals surface area contributed by atoms with Gasteiger partial charge in [0.2, 0.25) is 0 Å². The van der Waals surface area contributed by atoms with Crippen LogP contribution in [0.5, 0.6) is 0 Å². The van der Waals surface area contributed by atoms with Crippen molar-refractivity contribution in [1.29, 1.82) is 0 Å². The summed E-state index contributed by atoms with van der Waals surface area (Å²) < 4.78 is 10.1. The maximum Gasteiger partial charge on any atom is 0.145 e. The summed E-state index contributed by atoms with van der Waals surface area (Å²) in [5, 5.41) is 0. The summed E-state index contributed by atoms with van der Waals surface area (Å²) >= 11 is 0. The molecular weight excluding hydrogens is 168 g/mol. The lowest BCUT2D eigenvalue weighted by atomic mass is 10.2. The van der Waals surface area contributed by atoms with Crippen molar-refractivity contribution < 1.29 is 14.3 Å². The lowest BCUT2D eigenvalue weighted by Gasteiger charge is -2.06. The molecule has 0 aromatic heterocycles. The van der Waals surface area contributed by atoms with Gasteiger partial charge in [-0.15, -0.1) is 0 Å². The topological polar surface area (TPSA) is 35.5 Å². The van der Waals surface area contributed by atoms with Crippen LogP contribution in [0, 0.1) is 0 Å². The van der Waals surface area contributed by atoms with E-state index in [2.05, 4.69) is 0 Å². The van der Waals surface area contributed by atoms with Gasteiger partial charge in [-0.25, -0.2) is 0 Å². The molecule has 0 aliphatic carbocycles. The molecule has 1 atom stereocenters. The third kappa shape index (κ3) is 5.20. The molecule has 0 aliphatic heterocycles. The van der Waals surface area contributed by atoms with Gasteiger partial charge in [-0.2, -0.15) is 0 Å². The number of methoxy groups -OCH3 is 2. The van der Waals surface area contributed by atoms with Gasteiger partial charge in [-0.1, -0.05) is 0 Å². The fourth-order valence-electron chi connectivity index (χ4n) is 0.733. The van der Waals surface area contributed by atoms with E-state index in [0.717, 1.165) is 6.29 Å². The highest BCUT2D eigenvalue weighted by Gasteiger charge is 1.98. The molecule has 0 N–H and O–H groups in total. The van der Waals surface area contributed by atoms with Crippen LogP contribution in [0.3, 0.4) is 0 Å². The average molecular weight is 184 g/mol. The van der Waals surface area contributed by atoms with E-state index in [-0.39, 0.29) is 6.10 Å². The molecule has 0 bridgehead atoms. The van der Waals surface area contributed by atoms with E-state index in [4.69, 9.17) is 9.47 Å². The van der Waals surface area contributed by atoms with Gasteiger partial charge in [-0.3, -0.25) is 4.79 Å². The molecular formula is C10H16O3. The predicted molar refractivity (Wildman–Crippen MR) is 51.4 cm³/mol. The zero-order valence-corrected chi connectivity index (χ0v) is 8.53. The number of ether oxygens (including phenoxy) is 2. The largest absolute Gasteiger partial charge is 0.497 e.